The molecule has 0 radical (unpaired) electrons. The van der Waals surface area contributed by atoms with Crippen LogP contribution in [-0.4, -0.2) is 193 Å². The van der Waals surface area contributed by atoms with Gasteiger partial charge in [-0.25, -0.2) is 0 Å². The van der Waals surface area contributed by atoms with Crippen LogP contribution in [0.25, 0.3) is 0 Å². The fourth-order valence-corrected chi connectivity index (χ4v) is 11.2. The topological polar surface area (TPSA) is 307 Å². The molecule has 17 atom stereocenters. The summed E-state index contributed by atoms with van der Waals surface area (Å²) in [5, 5.41) is 120. The molecule has 0 saturated carbocycles. The third-order valence-electron chi connectivity index (χ3n) is 16.4. The van der Waals surface area contributed by atoms with Crippen LogP contribution in [0.2, 0.25) is 0 Å². The van der Waals surface area contributed by atoms with E-state index in [1.54, 1.807) is 0 Å². The molecule has 19 heteroatoms. The van der Waals surface area contributed by atoms with Crippen molar-refractivity contribution < 1.29 is 89.4 Å². The molecule has 0 aliphatic carbocycles. The van der Waals surface area contributed by atoms with Crippen molar-refractivity contribution in [1.29, 1.82) is 0 Å². The summed E-state index contributed by atoms with van der Waals surface area (Å²) in [5.74, 6) is -0.242. The van der Waals surface area contributed by atoms with E-state index in [2.05, 4.69) is 19.2 Å². The minimum Gasteiger partial charge on any atom is -0.394 e. The van der Waals surface area contributed by atoms with Gasteiger partial charge in [0, 0.05) is 6.42 Å². The summed E-state index contributed by atoms with van der Waals surface area (Å²) in [5.41, 5.74) is 0. The number of unbranched alkanes of at least 4 members (excludes halogenated alkanes) is 32. The van der Waals surface area contributed by atoms with E-state index in [0.29, 0.717) is 12.8 Å². The minimum atomic E-state index is -1.97. The maximum absolute atomic E-state index is 13.3. The quantitative estimate of drug-likeness (QED) is 0.0294. The van der Waals surface area contributed by atoms with Crippen LogP contribution in [0.5, 0.6) is 0 Å². The number of carbonyl (C=O) groups excluding carboxylic acids is 1. The van der Waals surface area contributed by atoms with E-state index < -0.39 is 124 Å². The van der Waals surface area contributed by atoms with E-state index in [1.807, 2.05) is 0 Å². The van der Waals surface area contributed by atoms with Crippen molar-refractivity contribution in [2.24, 2.45) is 0 Å². The lowest BCUT2D eigenvalue weighted by atomic mass is 9.96. The largest absolute Gasteiger partial charge is 0.394 e. The highest BCUT2D eigenvalue weighted by atomic mass is 16.8. The van der Waals surface area contributed by atoms with Gasteiger partial charge in [0.1, 0.15) is 73.2 Å². The lowest BCUT2D eigenvalue weighted by Gasteiger charge is -2.48. The van der Waals surface area contributed by atoms with Gasteiger partial charge in [0.25, 0.3) is 0 Å². The maximum Gasteiger partial charge on any atom is 0.220 e. The summed E-state index contributed by atoms with van der Waals surface area (Å²) in [6.07, 6.45) is 16.3. The van der Waals surface area contributed by atoms with Gasteiger partial charge in [-0.15, -0.1) is 0 Å². The number of hydrogen-bond donors (Lipinski definition) is 12. The molecule has 3 aliphatic heterocycles. The zero-order chi connectivity index (χ0) is 57.6. The number of aliphatic hydroxyl groups excluding tert-OH is 11. The van der Waals surface area contributed by atoms with Gasteiger partial charge in [0.15, 0.2) is 18.9 Å². The summed E-state index contributed by atoms with van der Waals surface area (Å²) >= 11 is 0. The maximum atomic E-state index is 13.3. The number of hydrogen-bond acceptors (Lipinski definition) is 18. The van der Waals surface area contributed by atoms with Crippen molar-refractivity contribution in [3.8, 4) is 0 Å². The van der Waals surface area contributed by atoms with Gasteiger partial charge < -0.3 is 89.9 Å². The monoisotopic (exact) mass is 1140 g/mol. The molecule has 3 heterocycles. The normalized spacial score (nSPS) is 30.2. The molecule has 1 amide bonds. The molecule has 468 valence electrons. The summed E-state index contributed by atoms with van der Waals surface area (Å²) in [7, 11) is 0. The summed E-state index contributed by atoms with van der Waals surface area (Å²) < 4.78 is 34.3. The van der Waals surface area contributed by atoms with E-state index in [0.717, 1.165) is 44.9 Å². The summed E-state index contributed by atoms with van der Waals surface area (Å²) in [6.45, 7) is 1.79. The lowest BCUT2D eigenvalue weighted by molar-refractivity contribution is -0.379. The molecule has 3 rings (SSSR count). The first-order chi connectivity index (χ1) is 38.3. The van der Waals surface area contributed by atoms with E-state index in [9.17, 15) is 61.0 Å². The van der Waals surface area contributed by atoms with Gasteiger partial charge in [0.2, 0.25) is 5.91 Å². The van der Waals surface area contributed by atoms with Gasteiger partial charge in [0.05, 0.1) is 38.6 Å². The Balaban J connectivity index is 1.43. The standard InChI is InChI=1S/C60H115NO18/c1-3-5-7-9-11-13-15-16-17-18-19-20-21-22-23-24-25-26-27-28-29-31-33-35-37-44(65)43(61-48(66)38-36-34-32-30-14-12-10-8-6-4-2)42-74-58-54(72)51(69)56(46(40-63)76-58)79-60-55(73)52(70)57(47(41-64)77-60)78-59-53(71)50(68)49(67)45(39-62)75-59/h43-47,49-60,62-65,67-73H,3-42H2,1-2H3,(H,61,66). The third-order valence-corrected chi connectivity index (χ3v) is 16.4. The molecule has 19 nitrogen and oxygen atoms in total. The average Bonchev–Trinajstić information content (AvgIpc) is 3.56. The van der Waals surface area contributed by atoms with E-state index in [1.165, 1.54) is 167 Å². The number of rotatable bonds is 48. The highest BCUT2D eigenvalue weighted by Crippen LogP contribution is 2.33. The molecule has 3 aliphatic rings. The Morgan fingerprint density at radius 3 is 1.10 bits per heavy atom. The van der Waals surface area contributed by atoms with Crippen LogP contribution in [0.15, 0.2) is 0 Å². The van der Waals surface area contributed by atoms with Crippen molar-refractivity contribution in [1.82, 2.24) is 5.32 Å². The van der Waals surface area contributed by atoms with Gasteiger partial charge in [-0.05, 0) is 12.8 Å². The second kappa shape index (κ2) is 44.3. The van der Waals surface area contributed by atoms with Gasteiger partial charge >= 0.3 is 0 Å². The zero-order valence-corrected chi connectivity index (χ0v) is 48.9. The van der Waals surface area contributed by atoms with Crippen molar-refractivity contribution in [2.45, 2.75) is 349 Å². The molecule has 3 saturated heterocycles. The fourth-order valence-electron chi connectivity index (χ4n) is 11.2. The predicted octanol–water partition coefficient (Wildman–Crippen LogP) is 6.38. The number of nitrogens with one attached hydrogen (secondary N) is 1. The molecule has 0 aromatic carbocycles. The smallest absolute Gasteiger partial charge is 0.220 e. The Hall–Kier alpha value is -1.21. The van der Waals surface area contributed by atoms with Gasteiger partial charge in [-0.2, -0.15) is 0 Å². The number of carbonyl (C=O) groups is 1. The fraction of sp³-hybridized carbons (Fsp3) is 0.983. The van der Waals surface area contributed by atoms with Crippen molar-refractivity contribution in [3.05, 3.63) is 0 Å². The lowest BCUT2D eigenvalue weighted by Crippen LogP contribution is -2.66. The first-order valence-corrected chi connectivity index (χ1v) is 31.8. The molecular formula is C60H115NO18. The van der Waals surface area contributed by atoms with E-state index in [-0.39, 0.29) is 18.9 Å². The zero-order valence-electron chi connectivity index (χ0n) is 48.9. The van der Waals surface area contributed by atoms with Crippen molar-refractivity contribution in [3.63, 3.8) is 0 Å². The Morgan fingerprint density at radius 1 is 0.405 bits per heavy atom. The van der Waals surface area contributed by atoms with Crippen LogP contribution in [0.4, 0.5) is 0 Å². The summed E-state index contributed by atoms with van der Waals surface area (Å²) in [6, 6.07) is -0.879. The molecule has 0 bridgehead atoms. The molecule has 3 fully saturated rings. The van der Waals surface area contributed by atoms with E-state index >= 15 is 0 Å². The molecule has 79 heavy (non-hydrogen) atoms. The molecule has 17 unspecified atom stereocenters. The number of ether oxygens (including phenoxy) is 6. The summed E-state index contributed by atoms with van der Waals surface area (Å²) in [4.78, 5) is 13.3. The van der Waals surface area contributed by atoms with Crippen molar-refractivity contribution in [2.75, 3.05) is 26.4 Å². The molecule has 0 aromatic heterocycles. The van der Waals surface area contributed by atoms with Crippen LogP contribution in [-0.2, 0) is 33.2 Å². The SMILES string of the molecule is CCCCCCCCCCCCCCCCCCCCCCCCCCC(O)C(COC1OC(CO)C(OC2OC(CO)C(OC3OC(CO)C(O)C(O)C3O)C(O)C2O)C(O)C1O)NC(=O)CCCCCCCCCCCC. The predicted molar refractivity (Wildman–Crippen MR) is 300 cm³/mol. The molecule has 12 N–H and O–H groups in total. The second-order valence-electron chi connectivity index (χ2n) is 23.2. The Labute approximate surface area is 474 Å². The van der Waals surface area contributed by atoms with Gasteiger partial charge in [-0.3, -0.25) is 4.79 Å². The average molecular weight is 1140 g/mol. The van der Waals surface area contributed by atoms with Crippen LogP contribution in [0, 0.1) is 0 Å². The second-order valence-corrected chi connectivity index (χ2v) is 23.2. The van der Waals surface area contributed by atoms with Crippen LogP contribution in [0.3, 0.4) is 0 Å². The first kappa shape index (κ1) is 72.1. The van der Waals surface area contributed by atoms with Crippen molar-refractivity contribution >= 4 is 5.91 Å². The highest BCUT2D eigenvalue weighted by molar-refractivity contribution is 5.76. The number of aliphatic hydroxyl groups is 11. The Kier molecular flexibility index (Phi) is 40.4. The molecular weight excluding hydrogens is 1020 g/mol. The number of amides is 1. The Morgan fingerprint density at radius 2 is 0.722 bits per heavy atom. The van der Waals surface area contributed by atoms with Crippen LogP contribution < -0.4 is 5.32 Å². The third kappa shape index (κ3) is 28.0. The van der Waals surface area contributed by atoms with Gasteiger partial charge in [-0.1, -0.05) is 226 Å². The molecule has 0 spiro atoms. The minimum absolute atomic E-state index is 0.242. The van der Waals surface area contributed by atoms with Crippen LogP contribution >= 0.6 is 0 Å². The highest BCUT2D eigenvalue weighted by Gasteiger charge is 2.53. The molecule has 0 aromatic rings. The first-order valence-electron chi connectivity index (χ1n) is 31.8. The van der Waals surface area contributed by atoms with Crippen LogP contribution in [0.1, 0.15) is 245 Å². The Bertz CT molecular complexity index is 1450. The van der Waals surface area contributed by atoms with E-state index in [4.69, 9.17) is 28.4 Å².